The average molecular weight is 420 g/mol. The van der Waals surface area contributed by atoms with Crippen LogP contribution in [0, 0.1) is 0 Å². The van der Waals surface area contributed by atoms with Gasteiger partial charge < -0.3 is 0 Å². The Labute approximate surface area is 186 Å². The van der Waals surface area contributed by atoms with E-state index in [1.807, 2.05) is 0 Å². The van der Waals surface area contributed by atoms with Gasteiger partial charge in [0.05, 0.1) is 6.54 Å². The van der Waals surface area contributed by atoms with Crippen LogP contribution in [-0.2, 0) is 6.42 Å². The lowest BCUT2D eigenvalue weighted by molar-refractivity contribution is -0.306. The van der Waals surface area contributed by atoms with Gasteiger partial charge in [0, 0.05) is 0 Å². The summed E-state index contributed by atoms with van der Waals surface area (Å²) in [4.78, 5) is 0. The van der Waals surface area contributed by atoms with Gasteiger partial charge in [-0.25, -0.2) is 0 Å². The lowest BCUT2D eigenvalue weighted by atomic mass is 10.0. The first-order valence-corrected chi connectivity index (χ1v) is 13.0. The molecule has 0 aromatic heterocycles. The highest BCUT2D eigenvalue weighted by atomic mass is 16.8. The molecule has 0 radical (unpaired) electrons. The van der Waals surface area contributed by atoms with Crippen molar-refractivity contribution < 1.29 is 10.4 Å². The fourth-order valence-electron chi connectivity index (χ4n) is 4.23. The molecule has 0 heterocycles. The molecule has 30 heavy (non-hydrogen) atoms. The molecular formula is C27H49NO2. The Balaban J connectivity index is 1.66. The van der Waals surface area contributed by atoms with E-state index in [1.54, 1.807) is 0 Å². The summed E-state index contributed by atoms with van der Waals surface area (Å²) < 4.78 is 0. The lowest BCUT2D eigenvalue weighted by Gasteiger charge is -2.05. The fourth-order valence-corrected chi connectivity index (χ4v) is 4.23. The Morgan fingerprint density at radius 2 is 0.767 bits per heavy atom. The van der Waals surface area contributed by atoms with E-state index in [0.717, 1.165) is 12.8 Å². The molecule has 0 fully saturated rings. The molecule has 1 aromatic carbocycles. The molecular weight excluding hydrogens is 370 g/mol. The van der Waals surface area contributed by atoms with E-state index < -0.39 is 0 Å². The number of hydrogen-bond acceptors (Lipinski definition) is 3. The SMILES string of the molecule is ON(O)CCCCCCCCCCCCCCCCCCCCCc1ccccc1. The van der Waals surface area contributed by atoms with Crippen LogP contribution in [0.3, 0.4) is 0 Å². The van der Waals surface area contributed by atoms with Gasteiger partial charge in [0.15, 0.2) is 0 Å². The van der Waals surface area contributed by atoms with Crippen LogP contribution in [0.5, 0.6) is 0 Å². The molecule has 0 saturated heterocycles. The summed E-state index contributed by atoms with van der Waals surface area (Å²) in [6.45, 7) is 0.370. The summed E-state index contributed by atoms with van der Waals surface area (Å²) in [5, 5.41) is 17.5. The van der Waals surface area contributed by atoms with Crippen molar-refractivity contribution in [2.24, 2.45) is 0 Å². The highest BCUT2D eigenvalue weighted by molar-refractivity contribution is 5.14. The van der Waals surface area contributed by atoms with Crippen molar-refractivity contribution in [3.8, 4) is 0 Å². The number of unbranched alkanes of at least 4 members (excludes halogenated alkanes) is 18. The van der Waals surface area contributed by atoms with Crippen LogP contribution in [0.25, 0.3) is 0 Å². The molecule has 0 atom stereocenters. The minimum absolute atomic E-state index is 0.301. The quantitative estimate of drug-likeness (QED) is 0.146. The standard InChI is InChI=1S/C27H49NO2/c29-28(30)26-22-17-15-13-11-9-7-5-3-1-2-4-6-8-10-12-14-16-19-23-27-24-20-18-21-25-27/h18,20-21,24-25,29-30H,1-17,19,22-23,26H2. The number of aryl methyl sites for hydroxylation is 1. The van der Waals surface area contributed by atoms with Gasteiger partial charge in [-0.2, -0.15) is 0 Å². The van der Waals surface area contributed by atoms with E-state index in [4.69, 9.17) is 10.4 Å². The van der Waals surface area contributed by atoms with Crippen molar-refractivity contribution in [1.29, 1.82) is 0 Å². The molecule has 174 valence electrons. The topological polar surface area (TPSA) is 43.7 Å². The van der Waals surface area contributed by atoms with Crippen LogP contribution in [0.15, 0.2) is 30.3 Å². The molecule has 0 unspecified atom stereocenters. The first-order valence-electron chi connectivity index (χ1n) is 13.0. The normalized spacial score (nSPS) is 11.4. The van der Waals surface area contributed by atoms with E-state index in [-0.39, 0.29) is 0 Å². The third-order valence-corrected chi connectivity index (χ3v) is 6.17. The number of nitrogens with zero attached hydrogens (tertiary/aromatic N) is 1. The minimum Gasteiger partial charge on any atom is -0.290 e. The second kappa shape index (κ2) is 21.3. The van der Waals surface area contributed by atoms with E-state index >= 15 is 0 Å². The van der Waals surface area contributed by atoms with E-state index in [9.17, 15) is 0 Å². The molecule has 0 aliphatic carbocycles. The van der Waals surface area contributed by atoms with Crippen LogP contribution in [-0.4, -0.2) is 22.2 Å². The van der Waals surface area contributed by atoms with Crippen molar-refractivity contribution >= 4 is 0 Å². The first kappa shape index (κ1) is 27.1. The van der Waals surface area contributed by atoms with E-state index in [0.29, 0.717) is 11.8 Å². The zero-order chi connectivity index (χ0) is 21.5. The number of rotatable bonds is 22. The second-order valence-corrected chi connectivity index (χ2v) is 9.05. The summed E-state index contributed by atoms with van der Waals surface area (Å²) in [5.41, 5.74) is 1.49. The lowest BCUT2D eigenvalue weighted by Crippen LogP contribution is -2.14. The average Bonchev–Trinajstić information content (AvgIpc) is 2.75. The van der Waals surface area contributed by atoms with Gasteiger partial charge in [-0.15, -0.1) is 0 Å². The largest absolute Gasteiger partial charge is 0.290 e. The van der Waals surface area contributed by atoms with Gasteiger partial charge in [0.1, 0.15) is 0 Å². The summed E-state index contributed by atoms with van der Waals surface area (Å²) in [5.74, 6) is 0. The van der Waals surface area contributed by atoms with Crippen LogP contribution >= 0.6 is 0 Å². The van der Waals surface area contributed by atoms with Crippen LogP contribution in [0.4, 0.5) is 0 Å². The Morgan fingerprint density at radius 3 is 1.13 bits per heavy atom. The van der Waals surface area contributed by atoms with Crippen molar-refractivity contribution in [2.45, 2.75) is 128 Å². The van der Waals surface area contributed by atoms with Crippen LogP contribution in [0.2, 0.25) is 0 Å². The van der Waals surface area contributed by atoms with Gasteiger partial charge >= 0.3 is 0 Å². The highest BCUT2D eigenvalue weighted by Crippen LogP contribution is 2.15. The highest BCUT2D eigenvalue weighted by Gasteiger charge is 1.97. The minimum atomic E-state index is 0.301. The smallest absolute Gasteiger partial charge is 0.0512 e. The summed E-state index contributed by atoms with van der Waals surface area (Å²) in [6, 6.07) is 10.9. The number of hydroxylamine groups is 2. The van der Waals surface area contributed by atoms with Crippen molar-refractivity contribution in [3.63, 3.8) is 0 Å². The Kier molecular flexibility index (Phi) is 19.3. The predicted molar refractivity (Wildman–Crippen MR) is 128 cm³/mol. The van der Waals surface area contributed by atoms with Crippen LogP contribution in [0.1, 0.15) is 128 Å². The molecule has 3 heteroatoms. The Hall–Kier alpha value is -0.900. The summed E-state index contributed by atoms with van der Waals surface area (Å²) >= 11 is 0. The molecule has 0 aliphatic heterocycles. The number of benzene rings is 1. The third kappa shape index (κ3) is 19.1. The van der Waals surface area contributed by atoms with Crippen molar-refractivity contribution in [3.05, 3.63) is 35.9 Å². The zero-order valence-corrected chi connectivity index (χ0v) is 19.6. The Morgan fingerprint density at radius 1 is 0.433 bits per heavy atom. The summed E-state index contributed by atoms with van der Waals surface area (Å²) in [6.07, 6.45) is 26.9. The maximum atomic E-state index is 8.62. The van der Waals surface area contributed by atoms with Crippen LogP contribution < -0.4 is 0 Å². The molecule has 0 amide bonds. The molecule has 0 bridgehead atoms. The van der Waals surface area contributed by atoms with E-state index in [1.165, 1.54) is 121 Å². The van der Waals surface area contributed by atoms with Crippen molar-refractivity contribution in [1.82, 2.24) is 5.23 Å². The Bertz CT molecular complexity index is 449. The third-order valence-electron chi connectivity index (χ3n) is 6.17. The molecule has 0 saturated carbocycles. The molecule has 1 rings (SSSR count). The maximum Gasteiger partial charge on any atom is 0.0512 e. The molecule has 1 aromatic rings. The predicted octanol–water partition coefficient (Wildman–Crippen LogP) is 8.72. The van der Waals surface area contributed by atoms with Crippen molar-refractivity contribution in [2.75, 3.05) is 6.54 Å². The maximum absolute atomic E-state index is 8.62. The monoisotopic (exact) mass is 419 g/mol. The fraction of sp³-hybridized carbons (Fsp3) is 0.778. The van der Waals surface area contributed by atoms with Gasteiger partial charge in [-0.1, -0.05) is 145 Å². The van der Waals surface area contributed by atoms with Gasteiger partial charge in [0.25, 0.3) is 0 Å². The zero-order valence-electron chi connectivity index (χ0n) is 19.6. The summed E-state index contributed by atoms with van der Waals surface area (Å²) in [7, 11) is 0. The van der Waals surface area contributed by atoms with Gasteiger partial charge in [0.2, 0.25) is 0 Å². The molecule has 2 N–H and O–H groups in total. The first-order chi connectivity index (χ1) is 14.8. The van der Waals surface area contributed by atoms with Gasteiger partial charge in [-0.3, -0.25) is 10.4 Å². The van der Waals surface area contributed by atoms with E-state index in [2.05, 4.69) is 30.3 Å². The number of hydrogen-bond donors (Lipinski definition) is 2. The molecule has 0 aliphatic rings. The second-order valence-electron chi connectivity index (χ2n) is 9.05. The van der Waals surface area contributed by atoms with Gasteiger partial charge in [-0.05, 0) is 24.8 Å². The molecule has 3 nitrogen and oxygen atoms in total. The molecule has 0 spiro atoms.